The van der Waals surface area contributed by atoms with Gasteiger partial charge in [0, 0.05) is 6.54 Å². The zero-order valence-electron chi connectivity index (χ0n) is 18.9. The monoisotopic (exact) mass is 452 g/mol. The smallest absolute Gasteiger partial charge is 0.262 e. The molecule has 0 saturated heterocycles. The molecule has 0 fully saturated rings. The van der Waals surface area contributed by atoms with Crippen molar-refractivity contribution in [3.63, 3.8) is 0 Å². The van der Waals surface area contributed by atoms with Crippen molar-refractivity contribution < 1.29 is 17.9 Å². The van der Waals surface area contributed by atoms with Crippen molar-refractivity contribution in [2.24, 2.45) is 0 Å². The second-order valence-corrected chi connectivity index (χ2v) is 9.39. The number of anilines is 1. The minimum Gasteiger partial charge on any atom is -0.497 e. The summed E-state index contributed by atoms with van der Waals surface area (Å²) in [5.41, 5.74) is 4.46. The Balaban J connectivity index is 1.97. The maximum atomic E-state index is 13.4. The van der Waals surface area contributed by atoms with Crippen LogP contribution in [0.3, 0.4) is 0 Å². The molecule has 0 aliphatic rings. The highest BCUT2D eigenvalue weighted by molar-refractivity contribution is 7.92. The molecule has 0 aliphatic heterocycles. The zero-order valence-corrected chi connectivity index (χ0v) is 19.8. The van der Waals surface area contributed by atoms with E-state index in [1.165, 1.54) is 13.2 Å². The van der Waals surface area contributed by atoms with Gasteiger partial charge >= 0.3 is 0 Å². The average molecular weight is 453 g/mol. The number of sulfonamides is 1. The normalized spacial score (nSPS) is 11.2. The minimum absolute atomic E-state index is 0.184. The largest absolute Gasteiger partial charge is 0.497 e. The van der Waals surface area contributed by atoms with Crippen LogP contribution in [0.15, 0.2) is 59.5 Å². The summed E-state index contributed by atoms with van der Waals surface area (Å²) in [4.78, 5) is 13.2. The molecule has 6 nitrogen and oxygen atoms in total. The summed E-state index contributed by atoms with van der Waals surface area (Å²) in [6.45, 7) is 7.67. The van der Waals surface area contributed by atoms with E-state index in [-0.39, 0.29) is 16.1 Å². The lowest BCUT2D eigenvalue weighted by Gasteiger charge is -2.18. The number of amides is 1. The lowest BCUT2D eigenvalue weighted by atomic mass is 10.0. The molecule has 0 atom stereocenters. The molecule has 0 bridgehead atoms. The molecule has 0 saturated carbocycles. The molecule has 32 heavy (non-hydrogen) atoms. The molecule has 3 aromatic rings. The maximum Gasteiger partial charge on any atom is 0.262 e. The first-order chi connectivity index (χ1) is 15.1. The lowest BCUT2D eigenvalue weighted by molar-refractivity contribution is 0.0951. The maximum absolute atomic E-state index is 13.4. The quantitative estimate of drug-likeness (QED) is 0.546. The number of benzene rings is 3. The van der Waals surface area contributed by atoms with Crippen LogP contribution in [0.25, 0.3) is 0 Å². The number of carbonyl (C=O) groups is 1. The molecule has 2 N–H and O–H groups in total. The average Bonchev–Trinajstić information content (AvgIpc) is 2.77. The molecular weight excluding hydrogens is 424 g/mol. The molecule has 0 unspecified atom stereocenters. The van der Waals surface area contributed by atoms with Crippen LogP contribution in [-0.2, 0) is 16.6 Å². The summed E-state index contributed by atoms with van der Waals surface area (Å²) in [6.07, 6.45) is 0. The molecule has 3 aromatic carbocycles. The van der Waals surface area contributed by atoms with E-state index in [9.17, 15) is 13.2 Å². The number of rotatable bonds is 7. The van der Waals surface area contributed by atoms with Crippen LogP contribution >= 0.6 is 0 Å². The van der Waals surface area contributed by atoms with Crippen LogP contribution in [0, 0.1) is 27.7 Å². The highest BCUT2D eigenvalue weighted by Crippen LogP contribution is 2.30. The summed E-state index contributed by atoms with van der Waals surface area (Å²) in [5.74, 6) is 0.0517. The van der Waals surface area contributed by atoms with E-state index in [2.05, 4.69) is 10.0 Å². The molecule has 3 rings (SSSR count). The molecule has 7 heteroatoms. The van der Waals surface area contributed by atoms with Gasteiger partial charge in [0.25, 0.3) is 15.9 Å². The lowest BCUT2D eigenvalue weighted by Crippen LogP contribution is -2.25. The molecule has 0 spiro atoms. The van der Waals surface area contributed by atoms with Crippen molar-refractivity contribution in [3.8, 4) is 5.75 Å². The number of nitrogens with one attached hydrogen (secondary N) is 2. The zero-order chi connectivity index (χ0) is 23.5. The first-order valence-corrected chi connectivity index (χ1v) is 11.7. The van der Waals surface area contributed by atoms with Gasteiger partial charge in [0.05, 0.1) is 23.3 Å². The fraction of sp³-hybridized carbons (Fsp3) is 0.240. The SMILES string of the molecule is COc1ccc(NS(=O)(=O)c2c(C)c(C)cc(C)c2C)c(C(=O)NCc2ccccc2)c1. The summed E-state index contributed by atoms with van der Waals surface area (Å²) >= 11 is 0. The third kappa shape index (κ3) is 4.94. The van der Waals surface area contributed by atoms with Gasteiger partial charge < -0.3 is 10.1 Å². The van der Waals surface area contributed by atoms with E-state index in [1.54, 1.807) is 26.0 Å². The molecule has 1 amide bonds. The molecule has 0 aliphatic carbocycles. The van der Waals surface area contributed by atoms with E-state index in [1.807, 2.05) is 50.2 Å². The van der Waals surface area contributed by atoms with E-state index < -0.39 is 15.9 Å². The van der Waals surface area contributed by atoms with Gasteiger partial charge in [-0.3, -0.25) is 9.52 Å². The van der Waals surface area contributed by atoms with E-state index in [0.717, 1.165) is 16.7 Å². The molecular formula is C25H28N2O4S. The fourth-order valence-electron chi connectivity index (χ4n) is 3.58. The number of hydrogen-bond acceptors (Lipinski definition) is 4. The molecule has 0 heterocycles. The summed E-state index contributed by atoms with van der Waals surface area (Å²) < 4.78 is 34.6. The van der Waals surface area contributed by atoms with Gasteiger partial charge in [0.15, 0.2) is 0 Å². The van der Waals surface area contributed by atoms with Crippen LogP contribution in [0.4, 0.5) is 5.69 Å². The molecule has 0 radical (unpaired) electrons. The van der Waals surface area contributed by atoms with Gasteiger partial charge in [-0.2, -0.15) is 0 Å². The van der Waals surface area contributed by atoms with Gasteiger partial charge in [0.1, 0.15) is 5.75 Å². The third-order valence-corrected chi connectivity index (χ3v) is 7.22. The minimum atomic E-state index is -3.93. The first kappa shape index (κ1) is 23.3. The Labute approximate surface area is 189 Å². The number of aryl methyl sites for hydroxylation is 2. The number of ether oxygens (including phenoxy) is 1. The summed E-state index contributed by atoms with van der Waals surface area (Å²) in [7, 11) is -2.44. The fourth-order valence-corrected chi connectivity index (χ4v) is 5.28. The van der Waals surface area contributed by atoms with Crippen LogP contribution < -0.4 is 14.8 Å². The topological polar surface area (TPSA) is 84.5 Å². The number of methoxy groups -OCH3 is 1. The standard InChI is InChI=1S/C25H28N2O4S/c1-16-13-17(2)19(4)24(18(16)3)32(29,30)27-23-12-11-21(31-5)14-22(23)25(28)26-15-20-9-7-6-8-10-20/h6-14,27H,15H2,1-5H3,(H,26,28). The Morgan fingerprint density at radius 2 is 1.53 bits per heavy atom. The Hall–Kier alpha value is -3.32. The Kier molecular flexibility index (Phi) is 6.89. The number of carbonyl (C=O) groups excluding carboxylic acids is 1. The molecule has 0 aromatic heterocycles. The third-order valence-electron chi connectivity index (χ3n) is 5.58. The highest BCUT2D eigenvalue weighted by atomic mass is 32.2. The van der Waals surface area contributed by atoms with Crippen LogP contribution in [0.2, 0.25) is 0 Å². The predicted molar refractivity (Wildman–Crippen MR) is 127 cm³/mol. The Morgan fingerprint density at radius 1 is 0.906 bits per heavy atom. The number of hydrogen-bond donors (Lipinski definition) is 2. The van der Waals surface area contributed by atoms with E-state index in [0.29, 0.717) is 23.4 Å². The first-order valence-electron chi connectivity index (χ1n) is 10.2. The van der Waals surface area contributed by atoms with E-state index in [4.69, 9.17) is 4.74 Å². The van der Waals surface area contributed by atoms with E-state index >= 15 is 0 Å². The van der Waals surface area contributed by atoms with Crippen LogP contribution in [0.5, 0.6) is 5.75 Å². The van der Waals surface area contributed by atoms with Gasteiger partial charge in [-0.05, 0) is 73.7 Å². The van der Waals surface area contributed by atoms with Crippen LogP contribution in [-0.4, -0.2) is 21.4 Å². The Bertz CT molecular complexity index is 1230. The van der Waals surface area contributed by atoms with Crippen molar-refractivity contribution in [1.29, 1.82) is 0 Å². The Morgan fingerprint density at radius 3 is 2.12 bits per heavy atom. The van der Waals surface area contributed by atoms with Gasteiger partial charge in [0.2, 0.25) is 0 Å². The van der Waals surface area contributed by atoms with Gasteiger partial charge in [-0.15, -0.1) is 0 Å². The van der Waals surface area contributed by atoms with Crippen molar-refractivity contribution in [3.05, 3.63) is 88.0 Å². The van der Waals surface area contributed by atoms with Crippen molar-refractivity contribution in [2.75, 3.05) is 11.8 Å². The van der Waals surface area contributed by atoms with Gasteiger partial charge in [-0.25, -0.2) is 8.42 Å². The predicted octanol–water partition coefficient (Wildman–Crippen LogP) is 4.66. The van der Waals surface area contributed by atoms with Crippen molar-refractivity contribution in [2.45, 2.75) is 39.1 Å². The second kappa shape index (κ2) is 9.44. The molecule has 168 valence electrons. The summed E-state index contributed by atoms with van der Waals surface area (Å²) in [6, 6.07) is 16.1. The van der Waals surface area contributed by atoms with Crippen molar-refractivity contribution >= 4 is 21.6 Å². The van der Waals surface area contributed by atoms with Gasteiger partial charge in [-0.1, -0.05) is 36.4 Å². The highest BCUT2D eigenvalue weighted by Gasteiger charge is 2.24. The van der Waals surface area contributed by atoms with Crippen LogP contribution in [0.1, 0.15) is 38.2 Å². The summed E-state index contributed by atoms with van der Waals surface area (Å²) in [5, 5.41) is 2.84. The second-order valence-electron chi connectivity index (χ2n) is 7.77. The van der Waals surface area contributed by atoms with Crippen molar-refractivity contribution in [1.82, 2.24) is 5.32 Å².